The number of hydrogen-bond acceptors (Lipinski definition) is 4. The number of amides is 1. The molecule has 0 aliphatic rings. The second-order valence-electron chi connectivity index (χ2n) is 5.31. The largest absolute Gasteiger partial charge is 0.354 e. The maximum Gasteiger partial charge on any atom is 0.272 e. The summed E-state index contributed by atoms with van der Waals surface area (Å²) >= 11 is 0. The average molecular weight is 320 g/mol. The fraction of sp³-hybridized carbons (Fsp3) is 0.111. The molecule has 6 nitrogen and oxygen atoms in total. The second-order valence-corrected chi connectivity index (χ2v) is 5.31. The minimum Gasteiger partial charge on any atom is -0.354 e. The van der Waals surface area contributed by atoms with Crippen LogP contribution in [0, 0.1) is 6.92 Å². The van der Waals surface area contributed by atoms with E-state index in [1.165, 1.54) is 11.7 Å². The van der Waals surface area contributed by atoms with Gasteiger partial charge in [-0.2, -0.15) is 0 Å². The molecule has 24 heavy (non-hydrogen) atoms. The monoisotopic (exact) mass is 320 g/mol. The third kappa shape index (κ3) is 2.81. The summed E-state index contributed by atoms with van der Waals surface area (Å²) in [7, 11) is 1.51. The van der Waals surface area contributed by atoms with Crippen LogP contribution in [0.1, 0.15) is 32.1 Å². The molecule has 3 aromatic rings. The van der Waals surface area contributed by atoms with Gasteiger partial charge < -0.3 is 5.32 Å². The summed E-state index contributed by atoms with van der Waals surface area (Å²) in [4.78, 5) is 25.0. The van der Waals surface area contributed by atoms with Gasteiger partial charge in [0, 0.05) is 12.6 Å². The molecule has 2 aromatic carbocycles. The molecule has 0 radical (unpaired) electrons. The lowest BCUT2D eigenvalue weighted by molar-refractivity contribution is 0.0943. The zero-order valence-electron chi connectivity index (χ0n) is 13.4. The van der Waals surface area contributed by atoms with Crippen molar-refractivity contribution in [3.63, 3.8) is 0 Å². The van der Waals surface area contributed by atoms with Crippen LogP contribution in [-0.2, 0) is 0 Å². The minimum atomic E-state index is -0.417. The van der Waals surface area contributed by atoms with Crippen LogP contribution in [0.4, 0.5) is 0 Å². The molecule has 0 unspecified atom stereocenters. The summed E-state index contributed by atoms with van der Waals surface area (Å²) in [5.41, 5.74) is 2.36. The van der Waals surface area contributed by atoms with E-state index in [4.69, 9.17) is 0 Å². The molecule has 0 atom stereocenters. The zero-order chi connectivity index (χ0) is 17.1. The highest BCUT2D eigenvalue weighted by Crippen LogP contribution is 2.17. The highest BCUT2D eigenvalue weighted by molar-refractivity contribution is 6.13. The third-order valence-electron chi connectivity index (χ3n) is 3.64. The molecule has 1 heterocycles. The van der Waals surface area contributed by atoms with Crippen molar-refractivity contribution < 1.29 is 9.59 Å². The SMILES string of the molecule is CNC(=O)c1c(C(=O)c2ccccc2)nnn1-c1ccc(C)cc1. The maximum atomic E-state index is 12.7. The molecule has 1 amide bonds. The van der Waals surface area contributed by atoms with Crippen molar-refractivity contribution >= 4 is 11.7 Å². The van der Waals surface area contributed by atoms with Crippen molar-refractivity contribution in [3.05, 3.63) is 77.1 Å². The Balaban J connectivity index is 2.13. The third-order valence-corrected chi connectivity index (χ3v) is 3.64. The molecule has 0 fully saturated rings. The smallest absolute Gasteiger partial charge is 0.272 e. The van der Waals surface area contributed by atoms with Gasteiger partial charge >= 0.3 is 0 Å². The van der Waals surface area contributed by atoms with Crippen LogP contribution in [0.5, 0.6) is 0 Å². The van der Waals surface area contributed by atoms with E-state index in [1.54, 1.807) is 24.3 Å². The van der Waals surface area contributed by atoms with Gasteiger partial charge in [0.15, 0.2) is 11.4 Å². The van der Waals surface area contributed by atoms with E-state index in [0.717, 1.165) is 5.56 Å². The Morgan fingerprint density at radius 1 is 1.00 bits per heavy atom. The van der Waals surface area contributed by atoms with Crippen LogP contribution in [0.2, 0.25) is 0 Å². The number of benzene rings is 2. The Bertz CT molecular complexity index is 883. The topological polar surface area (TPSA) is 76.9 Å². The second kappa shape index (κ2) is 6.45. The molecule has 0 spiro atoms. The van der Waals surface area contributed by atoms with Crippen molar-refractivity contribution in [2.24, 2.45) is 0 Å². The van der Waals surface area contributed by atoms with Crippen molar-refractivity contribution in [3.8, 4) is 5.69 Å². The van der Waals surface area contributed by atoms with E-state index >= 15 is 0 Å². The van der Waals surface area contributed by atoms with Crippen LogP contribution in [0.25, 0.3) is 5.69 Å². The molecule has 1 N–H and O–H groups in total. The van der Waals surface area contributed by atoms with Crippen molar-refractivity contribution in [2.45, 2.75) is 6.92 Å². The molecule has 1 aromatic heterocycles. The number of hydrogen-bond donors (Lipinski definition) is 1. The van der Waals surface area contributed by atoms with E-state index in [-0.39, 0.29) is 17.2 Å². The van der Waals surface area contributed by atoms with Crippen LogP contribution in [0.15, 0.2) is 54.6 Å². The summed E-state index contributed by atoms with van der Waals surface area (Å²) in [6, 6.07) is 16.2. The first-order chi connectivity index (χ1) is 11.6. The van der Waals surface area contributed by atoms with E-state index in [9.17, 15) is 9.59 Å². The number of ketones is 1. The summed E-state index contributed by atoms with van der Waals surface area (Å²) in [6.07, 6.45) is 0. The predicted octanol–water partition coefficient (Wildman–Crippen LogP) is 2.17. The van der Waals surface area contributed by atoms with Crippen LogP contribution < -0.4 is 5.32 Å². The number of carbonyl (C=O) groups excluding carboxylic acids is 2. The van der Waals surface area contributed by atoms with Crippen molar-refractivity contribution in [2.75, 3.05) is 7.05 Å². The number of carbonyl (C=O) groups is 2. The molecule has 0 saturated carbocycles. The quantitative estimate of drug-likeness (QED) is 0.747. The molecule has 6 heteroatoms. The van der Waals surface area contributed by atoms with Crippen LogP contribution in [-0.4, -0.2) is 33.7 Å². The fourth-order valence-electron chi connectivity index (χ4n) is 2.35. The summed E-state index contributed by atoms with van der Waals surface area (Å²) in [5.74, 6) is -0.757. The lowest BCUT2D eigenvalue weighted by Gasteiger charge is -2.07. The highest BCUT2D eigenvalue weighted by Gasteiger charge is 2.26. The highest BCUT2D eigenvalue weighted by atomic mass is 16.2. The number of rotatable bonds is 4. The molecule has 3 rings (SSSR count). The summed E-state index contributed by atoms with van der Waals surface area (Å²) in [6.45, 7) is 1.97. The molecule has 120 valence electrons. The van der Waals surface area contributed by atoms with Gasteiger partial charge in [0.05, 0.1) is 5.69 Å². The Kier molecular flexibility index (Phi) is 4.20. The Hall–Kier alpha value is -3.28. The summed E-state index contributed by atoms with van der Waals surface area (Å²) < 4.78 is 1.38. The van der Waals surface area contributed by atoms with Gasteiger partial charge in [0.25, 0.3) is 5.91 Å². The molecular weight excluding hydrogens is 304 g/mol. The van der Waals surface area contributed by atoms with E-state index in [1.807, 2.05) is 37.3 Å². The van der Waals surface area contributed by atoms with Crippen LogP contribution in [0.3, 0.4) is 0 Å². The Morgan fingerprint density at radius 3 is 2.29 bits per heavy atom. The molecule has 0 aliphatic carbocycles. The Morgan fingerprint density at radius 2 is 1.67 bits per heavy atom. The summed E-state index contributed by atoms with van der Waals surface area (Å²) in [5, 5.41) is 10.5. The lowest BCUT2D eigenvalue weighted by Crippen LogP contribution is -2.24. The van der Waals surface area contributed by atoms with Gasteiger partial charge in [0.1, 0.15) is 0 Å². The normalized spacial score (nSPS) is 10.4. The zero-order valence-corrected chi connectivity index (χ0v) is 13.4. The van der Waals surface area contributed by atoms with Gasteiger partial charge in [0.2, 0.25) is 5.78 Å². The number of aromatic nitrogens is 3. The molecule has 0 bridgehead atoms. The first-order valence-electron chi connectivity index (χ1n) is 7.46. The first kappa shape index (κ1) is 15.6. The number of nitrogens with one attached hydrogen (secondary N) is 1. The standard InChI is InChI=1S/C18H16N4O2/c1-12-8-10-14(11-9-12)22-16(18(24)19-2)15(20-21-22)17(23)13-6-4-3-5-7-13/h3-11H,1-2H3,(H,19,24). The Labute approximate surface area is 139 Å². The van der Waals surface area contributed by atoms with E-state index in [0.29, 0.717) is 11.3 Å². The number of aryl methyl sites for hydroxylation is 1. The molecule has 0 aliphatic heterocycles. The van der Waals surface area contributed by atoms with Crippen LogP contribution >= 0.6 is 0 Å². The lowest BCUT2D eigenvalue weighted by atomic mass is 10.1. The molecular formula is C18H16N4O2. The fourth-order valence-corrected chi connectivity index (χ4v) is 2.35. The van der Waals surface area contributed by atoms with Crippen molar-refractivity contribution in [1.82, 2.24) is 20.3 Å². The predicted molar refractivity (Wildman–Crippen MR) is 89.4 cm³/mol. The van der Waals surface area contributed by atoms with Gasteiger partial charge in [-0.15, -0.1) is 5.10 Å². The van der Waals surface area contributed by atoms with Gasteiger partial charge in [-0.1, -0.05) is 53.2 Å². The van der Waals surface area contributed by atoms with Crippen molar-refractivity contribution in [1.29, 1.82) is 0 Å². The van der Waals surface area contributed by atoms with E-state index in [2.05, 4.69) is 15.6 Å². The average Bonchev–Trinajstić information content (AvgIpc) is 3.06. The molecule has 0 saturated heterocycles. The maximum absolute atomic E-state index is 12.7. The number of nitrogens with zero attached hydrogens (tertiary/aromatic N) is 3. The van der Waals surface area contributed by atoms with Gasteiger partial charge in [-0.05, 0) is 19.1 Å². The van der Waals surface area contributed by atoms with Gasteiger partial charge in [-0.25, -0.2) is 4.68 Å². The van der Waals surface area contributed by atoms with Gasteiger partial charge in [-0.3, -0.25) is 9.59 Å². The minimum absolute atomic E-state index is 0.0288. The van der Waals surface area contributed by atoms with E-state index < -0.39 is 5.91 Å². The first-order valence-corrected chi connectivity index (χ1v) is 7.46.